The van der Waals surface area contributed by atoms with Gasteiger partial charge >= 0.3 is 0 Å². The maximum absolute atomic E-state index is 3.91. The van der Waals surface area contributed by atoms with E-state index in [1.54, 1.807) is 0 Å². The normalized spacial score (nSPS) is 10.0. The van der Waals surface area contributed by atoms with E-state index in [4.69, 9.17) is 0 Å². The summed E-state index contributed by atoms with van der Waals surface area (Å²) < 4.78 is 0. The van der Waals surface area contributed by atoms with E-state index in [-0.39, 0.29) is 18.6 Å². The van der Waals surface area contributed by atoms with Gasteiger partial charge in [-0.3, -0.25) is 0 Å². The van der Waals surface area contributed by atoms with Crippen LogP contribution >= 0.6 is 0 Å². The second kappa shape index (κ2) is 2.89. The van der Waals surface area contributed by atoms with Gasteiger partial charge in [0.2, 0.25) is 0 Å². The van der Waals surface area contributed by atoms with Crippen molar-refractivity contribution in [1.82, 2.24) is 0 Å². The molecule has 0 aromatic rings. The Morgan fingerprint density at radius 2 is 1.17 bits per heavy atom. The minimum atomic E-state index is -0.861. The van der Waals surface area contributed by atoms with Gasteiger partial charge in [-0.1, -0.05) is 19.6 Å². The van der Waals surface area contributed by atoms with Crippen LogP contribution in [0.2, 0.25) is 19.6 Å². The third-order valence-corrected chi connectivity index (χ3v) is 0. The Kier molecular flexibility index (Phi) is 4.78. The Morgan fingerprint density at radius 1 is 1.17 bits per heavy atom. The molecule has 37 valence electrons. The van der Waals surface area contributed by atoms with Crippen molar-refractivity contribution >= 4 is 8.07 Å². The summed E-state index contributed by atoms with van der Waals surface area (Å²) in [4.78, 5) is 0. The molecule has 0 aromatic carbocycles. The van der Waals surface area contributed by atoms with Gasteiger partial charge in [-0.15, -0.1) is 8.07 Å². The summed E-state index contributed by atoms with van der Waals surface area (Å²) in [6.07, 6.45) is 0. The van der Waals surface area contributed by atoms with E-state index in [0.29, 0.717) is 0 Å². The molecule has 0 saturated carbocycles. The zero-order valence-corrected chi connectivity index (χ0v) is 7.05. The summed E-state index contributed by atoms with van der Waals surface area (Å²) in [5.74, 6) is 0. The summed E-state index contributed by atoms with van der Waals surface area (Å²) in [5, 5.41) is 0. The van der Waals surface area contributed by atoms with E-state index in [2.05, 4.69) is 26.2 Å². The van der Waals surface area contributed by atoms with Gasteiger partial charge < -0.3 is 6.55 Å². The molecule has 0 atom stereocenters. The third kappa shape index (κ3) is 108. The van der Waals surface area contributed by atoms with Crippen molar-refractivity contribution in [2.24, 2.45) is 0 Å². The van der Waals surface area contributed by atoms with Crippen LogP contribution in [0, 0.1) is 6.55 Å². The molecule has 0 fully saturated rings. The van der Waals surface area contributed by atoms with E-state index in [1.807, 2.05) is 0 Å². The van der Waals surface area contributed by atoms with Crippen LogP contribution in [0.3, 0.4) is 0 Å². The first-order valence-corrected chi connectivity index (χ1v) is 5.56. The van der Waals surface area contributed by atoms with Crippen LogP contribution < -0.4 is 0 Å². The Morgan fingerprint density at radius 3 is 1.17 bits per heavy atom. The van der Waals surface area contributed by atoms with Crippen LogP contribution in [0.5, 0.6) is 0 Å². The number of rotatable bonds is 0. The molecule has 0 bridgehead atoms. The number of hydrogen-bond acceptors (Lipinski definition) is 0. The van der Waals surface area contributed by atoms with Gasteiger partial charge in [0.05, 0.1) is 0 Å². The Hall–Kier alpha value is 0.801. The largest absolute Gasteiger partial charge is 0.342 e. The van der Waals surface area contributed by atoms with Crippen molar-refractivity contribution in [2.45, 2.75) is 19.6 Å². The fourth-order valence-corrected chi connectivity index (χ4v) is 0. The first-order valence-electron chi connectivity index (χ1n) is 1.85. The Balaban J connectivity index is 0. The van der Waals surface area contributed by atoms with Gasteiger partial charge in [-0.2, -0.15) is 0 Å². The van der Waals surface area contributed by atoms with E-state index in [0.717, 1.165) is 0 Å². The van der Waals surface area contributed by atoms with Crippen LogP contribution in [0.4, 0.5) is 0 Å². The van der Waals surface area contributed by atoms with E-state index >= 15 is 0 Å². The van der Waals surface area contributed by atoms with Crippen molar-refractivity contribution in [3.63, 3.8) is 0 Å². The van der Waals surface area contributed by atoms with Gasteiger partial charge in [0.15, 0.2) is 0 Å². The predicted molar refractivity (Wildman–Crippen MR) is 28.7 cm³/mol. The van der Waals surface area contributed by atoms with Gasteiger partial charge in [-0.05, 0) is 0 Å². The van der Waals surface area contributed by atoms with E-state index in [1.165, 1.54) is 0 Å². The second-order valence-corrected chi connectivity index (χ2v) is 7.68. The van der Waals surface area contributed by atoms with Crippen molar-refractivity contribution in [3.05, 3.63) is 6.55 Å². The van der Waals surface area contributed by atoms with Crippen molar-refractivity contribution in [3.8, 4) is 0 Å². The molecule has 0 unspecified atom stereocenters. The zero-order chi connectivity index (χ0) is 4.50. The second-order valence-electron chi connectivity index (χ2n) is 2.56. The minimum Gasteiger partial charge on any atom is -0.342 e. The SMILES string of the molecule is [CH2-][Si](C)(C)C.[V]. The van der Waals surface area contributed by atoms with Gasteiger partial charge in [-0.25, -0.2) is 0 Å². The average molecular weight is 138 g/mol. The molecule has 0 aromatic heterocycles. The molecule has 0 rings (SSSR count). The minimum absolute atomic E-state index is 0. The van der Waals surface area contributed by atoms with Crippen LogP contribution in [0.15, 0.2) is 0 Å². The molecule has 0 aliphatic rings. The summed E-state index contributed by atoms with van der Waals surface area (Å²) in [7, 11) is -0.861. The topological polar surface area (TPSA) is 0 Å². The fourth-order valence-electron chi connectivity index (χ4n) is 0. The quantitative estimate of drug-likeness (QED) is 0.353. The molecular weight excluding hydrogens is 127 g/mol. The molecule has 0 heterocycles. The molecule has 0 N–H and O–H groups in total. The van der Waals surface area contributed by atoms with Crippen LogP contribution in [-0.2, 0) is 18.6 Å². The van der Waals surface area contributed by atoms with Crippen LogP contribution in [-0.4, -0.2) is 8.07 Å². The first-order chi connectivity index (χ1) is 2.00. The van der Waals surface area contributed by atoms with Crippen LogP contribution in [0.25, 0.3) is 0 Å². The summed E-state index contributed by atoms with van der Waals surface area (Å²) >= 11 is 0. The third-order valence-electron chi connectivity index (χ3n) is 0. The van der Waals surface area contributed by atoms with Crippen molar-refractivity contribution < 1.29 is 18.6 Å². The van der Waals surface area contributed by atoms with E-state index < -0.39 is 8.07 Å². The van der Waals surface area contributed by atoms with Crippen molar-refractivity contribution in [1.29, 1.82) is 0 Å². The first kappa shape index (κ1) is 9.93. The molecule has 0 spiro atoms. The van der Waals surface area contributed by atoms with Gasteiger partial charge in [0.1, 0.15) is 0 Å². The smallest absolute Gasteiger partial charge is 0 e. The van der Waals surface area contributed by atoms with Crippen LogP contribution in [0.1, 0.15) is 0 Å². The van der Waals surface area contributed by atoms with Gasteiger partial charge in [0, 0.05) is 18.6 Å². The fraction of sp³-hybridized carbons (Fsp3) is 0.750. The standard InChI is InChI=1S/C4H11Si.V/c1-5(2,3)4;/h1H2,2-4H3;/q-1;. The molecule has 2 heteroatoms. The van der Waals surface area contributed by atoms with Crippen molar-refractivity contribution in [2.75, 3.05) is 0 Å². The summed E-state index contributed by atoms with van der Waals surface area (Å²) in [6.45, 7) is 10.6. The molecule has 0 saturated heterocycles. The summed E-state index contributed by atoms with van der Waals surface area (Å²) in [6, 6.07) is 0. The molecule has 0 aliphatic heterocycles. The maximum atomic E-state index is 3.91. The Labute approximate surface area is 53.2 Å². The monoisotopic (exact) mass is 138 g/mol. The summed E-state index contributed by atoms with van der Waals surface area (Å²) in [5.41, 5.74) is 0. The molecular formula is C4H11SiV-. The van der Waals surface area contributed by atoms with E-state index in [9.17, 15) is 0 Å². The molecule has 0 amide bonds. The maximum Gasteiger partial charge on any atom is 0 e. The Bertz CT molecular complexity index is 23.0. The molecule has 6 heavy (non-hydrogen) atoms. The molecule has 0 nitrogen and oxygen atoms in total. The van der Waals surface area contributed by atoms with Gasteiger partial charge in [0.25, 0.3) is 0 Å². The number of hydrogen-bond donors (Lipinski definition) is 0. The molecule has 0 aliphatic carbocycles. The predicted octanol–water partition coefficient (Wildman–Crippen LogP) is 1.70. The molecule has 1 radical (unpaired) electrons. The zero-order valence-electron chi connectivity index (χ0n) is 4.65. The average Bonchev–Trinajstić information content (AvgIpc) is 0.722.